The van der Waals surface area contributed by atoms with Gasteiger partial charge in [0.25, 0.3) is 0 Å². The van der Waals surface area contributed by atoms with Crippen molar-refractivity contribution in [3.8, 4) is 0 Å². The Morgan fingerprint density at radius 2 is 2.32 bits per heavy atom. The third-order valence-corrected chi connectivity index (χ3v) is 2.48. The van der Waals surface area contributed by atoms with Crippen molar-refractivity contribution in [3.05, 3.63) is 35.8 Å². The first-order chi connectivity index (χ1) is 9.19. The standard InChI is InChI=1S/C12H15N5O2/c1-8-5-10(17-11(16-8)12(18)19-2)14-4-3-9-6-13-7-15-9/h5-7H,3-4H2,1-2H3,(H,13,15)(H,14,16,17). The summed E-state index contributed by atoms with van der Waals surface area (Å²) >= 11 is 0. The predicted molar refractivity (Wildman–Crippen MR) is 68.9 cm³/mol. The van der Waals surface area contributed by atoms with Crippen LogP contribution in [0.3, 0.4) is 0 Å². The number of carbonyl (C=O) groups excluding carboxylic acids is 1. The van der Waals surface area contributed by atoms with Gasteiger partial charge in [-0.25, -0.2) is 19.7 Å². The van der Waals surface area contributed by atoms with Gasteiger partial charge in [-0.15, -0.1) is 0 Å². The van der Waals surface area contributed by atoms with Crippen molar-refractivity contribution in [2.75, 3.05) is 19.0 Å². The molecule has 0 aromatic carbocycles. The number of ether oxygens (including phenoxy) is 1. The third kappa shape index (κ3) is 3.51. The van der Waals surface area contributed by atoms with Gasteiger partial charge in [0.05, 0.1) is 13.4 Å². The van der Waals surface area contributed by atoms with Gasteiger partial charge < -0.3 is 15.0 Å². The van der Waals surface area contributed by atoms with Crippen LogP contribution in [-0.4, -0.2) is 39.6 Å². The van der Waals surface area contributed by atoms with Crippen LogP contribution in [0.15, 0.2) is 18.6 Å². The maximum Gasteiger partial charge on any atom is 0.376 e. The van der Waals surface area contributed by atoms with Gasteiger partial charge in [-0.05, 0) is 6.92 Å². The lowest BCUT2D eigenvalue weighted by Gasteiger charge is -2.07. The SMILES string of the molecule is COC(=O)c1nc(C)cc(NCCc2cnc[nH]2)n1. The van der Waals surface area contributed by atoms with Crippen molar-refractivity contribution < 1.29 is 9.53 Å². The van der Waals surface area contributed by atoms with E-state index in [0.29, 0.717) is 18.1 Å². The number of methoxy groups -OCH3 is 1. The van der Waals surface area contributed by atoms with Crippen molar-refractivity contribution in [2.24, 2.45) is 0 Å². The summed E-state index contributed by atoms with van der Waals surface area (Å²) in [5, 5.41) is 3.14. The molecule has 0 fully saturated rings. The van der Waals surface area contributed by atoms with Crippen LogP contribution in [0.4, 0.5) is 5.82 Å². The van der Waals surface area contributed by atoms with Crippen LogP contribution < -0.4 is 5.32 Å². The van der Waals surface area contributed by atoms with Crippen LogP contribution in [0.25, 0.3) is 0 Å². The number of esters is 1. The van der Waals surface area contributed by atoms with Gasteiger partial charge in [-0.2, -0.15) is 0 Å². The lowest BCUT2D eigenvalue weighted by molar-refractivity contribution is 0.0586. The lowest BCUT2D eigenvalue weighted by Crippen LogP contribution is -2.12. The van der Waals surface area contributed by atoms with Crippen molar-refractivity contribution >= 4 is 11.8 Å². The summed E-state index contributed by atoms with van der Waals surface area (Å²) in [4.78, 5) is 26.5. The van der Waals surface area contributed by atoms with Gasteiger partial charge in [-0.3, -0.25) is 0 Å². The highest BCUT2D eigenvalue weighted by Gasteiger charge is 2.11. The first-order valence-electron chi connectivity index (χ1n) is 5.84. The number of aromatic nitrogens is 4. The molecule has 7 nitrogen and oxygen atoms in total. The Morgan fingerprint density at radius 3 is 3.00 bits per heavy atom. The van der Waals surface area contributed by atoms with Crippen LogP contribution in [0.2, 0.25) is 0 Å². The first kappa shape index (κ1) is 13.0. The molecule has 2 heterocycles. The van der Waals surface area contributed by atoms with Crippen molar-refractivity contribution in [1.29, 1.82) is 0 Å². The minimum atomic E-state index is -0.541. The fraction of sp³-hybridized carbons (Fsp3) is 0.333. The second kappa shape index (κ2) is 5.94. The molecule has 0 saturated heterocycles. The average molecular weight is 261 g/mol. The molecule has 0 aliphatic heterocycles. The first-order valence-corrected chi connectivity index (χ1v) is 5.84. The number of aryl methyl sites for hydroxylation is 1. The van der Waals surface area contributed by atoms with E-state index in [0.717, 1.165) is 12.1 Å². The maximum absolute atomic E-state index is 11.4. The number of hydrogen-bond donors (Lipinski definition) is 2. The summed E-state index contributed by atoms with van der Waals surface area (Å²) in [6.45, 7) is 2.48. The van der Waals surface area contributed by atoms with Crippen LogP contribution in [0.5, 0.6) is 0 Å². The Morgan fingerprint density at radius 1 is 1.47 bits per heavy atom. The minimum absolute atomic E-state index is 0.0616. The number of aromatic amines is 1. The normalized spacial score (nSPS) is 10.2. The molecule has 7 heteroatoms. The molecule has 0 amide bonds. The van der Waals surface area contributed by atoms with Gasteiger partial charge in [0.15, 0.2) is 0 Å². The van der Waals surface area contributed by atoms with Crippen LogP contribution in [0.1, 0.15) is 22.0 Å². The molecule has 0 radical (unpaired) electrons. The zero-order chi connectivity index (χ0) is 13.7. The summed E-state index contributed by atoms with van der Waals surface area (Å²) in [7, 11) is 1.30. The zero-order valence-corrected chi connectivity index (χ0v) is 10.8. The monoisotopic (exact) mass is 261 g/mol. The number of imidazole rings is 1. The number of anilines is 1. The average Bonchev–Trinajstić information content (AvgIpc) is 2.90. The smallest absolute Gasteiger partial charge is 0.376 e. The van der Waals surface area contributed by atoms with E-state index in [4.69, 9.17) is 0 Å². The quantitative estimate of drug-likeness (QED) is 0.778. The fourth-order valence-electron chi connectivity index (χ4n) is 1.59. The summed E-state index contributed by atoms with van der Waals surface area (Å²) in [5.41, 5.74) is 1.74. The van der Waals surface area contributed by atoms with E-state index in [1.165, 1.54) is 7.11 Å². The van der Waals surface area contributed by atoms with Crippen molar-refractivity contribution in [2.45, 2.75) is 13.3 Å². The molecular weight excluding hydrogens is 246 g/mol. The molecule has 2 aromatic rings. The molecule has 0 aliphatic carbocycles. The molecule has 0 atom stereocenters. The van der Waals surface area contributed by atoms with Crippen LogP contribution in [-0.2, 0) is 11.2 Å². The Balaban J connectivity index is 1.99. The molecule has 100 valence electrons. The molecule has 0 aliphatic rings. The molecule has 0 unspecified atom stereocenters. The Kier molecular flexibility index (Phi) is 4.07. The summed E-state index contributed by atoms with van der Waals surface area (Å²) < 4.78 is 4.60. The number of nitrogens with one attached hydrogen (secondary N) is 2. The number of rotatable bonds is 5. The van der Waals surface area contributed by atoms with Gasteiger partial charge in [0.2, 0.25) is 5.82 Å². The largest absolute Gasteiger partial charge is 0.463 e. The predicted octanol–water partition coefficient (Wildman–Crippen LogP) is 0.949. The maximum atomic E-state index is 11.4. The molecular formula is C12H15N5O2. The number of carbonyl (C=O) groups is 1. The molecule has 2 aromatic heterocycles. The van der Waals surface area contributed by atoms with E-state index in [2.05, 4.69) is 30.0 Å². The fourth-order valence-corrected chi connectivity index (χ4v) is 1.59. The zero-order valence-electron chi connectivity index (χ0n) is 10.8. The molecule has 2 N–H and O–H groups in total. The third-order valence-electron chi connectivity index (χ3n) is 2.48. The molecule has 0 bridgehead atoms. The number of nitrogens with zero attached hydrogens (tertiary/aromatic N) is 3. The highest BCUT2D eigenvalue weighted by molar-refractivity contribution is 5.85. The number of H-pyrrole nitrogens is 1. The molecule has 0 spiro atoms. The van der Waals surface area contributed by atoms with Crippen LogP contribution in [0, 0.1) is 6.92 Å². The second-order valence-electron chi connectivity index (χ2n) is 3.96. The topological polar surface area (TPSA) is 92.8 Å². The van der Waals surface area contributed by atoms with Crippen molar-refractivity contribution in [3.63, 3.8) is 0 Å². The van der Waals surface area contributed by atoms with Gasteiger partial charge in [-0.1, -0.05) is 0 Å². The van der Waals surface area contributed by atoms with E-state index in [9.17, 15) is 4.79 Å². The van der Waals surface area contributed by atoms with E-state index >= 15 is 0 Å². The van der Waals surface area contributed by atoms with Crippen LogP contribution >= 0.6 is 0 Å². The van der Waals surface area contributed by atoms with Crippen molar-refractivity contribution in [1.82, 2.24) is 19.9 Å². The van der Waals surface area contributed by atoms with Gasteiger partial charge in [0, 0.05) is 36.6 Å². The molecule has 2 rings (SSSR count). The Labute approximate surface area is 110 Å². The second-order valence-corrected chi connectivity index (χ2v) is 3.96. The van der Waals surface area contributed by atoms with Gasteiger partial charge >= 0.3 is 5.97 Å². The van der Waals surface area contributed by atoms with E-state index in [-0.39, 0.29) is 5.82 Å². The summed E-state index contributed by atoms with van der Waals surface area (Å²) in [6.07, 6.45) is 4.20. The van der Waals surface area contributed by atoms with E-state index in [1.807, 2.05) is 0 Å². The van der Waals surface area contributed by atoms with E-state index in [1.54, 1.807) is 25.5 Å². The van der Waals surface area contributed by atoms with E-state index < -0.39 is 5.97 Å². The highest BCUT2D eigenvalue weighted by atomic mass is 16.5. The minimum Gasteiger partial charge on any atom is -0.463 e. The Hall–Kier alpha value is -2.44. The lowest BCUT2D eigenvalue weighted by atomic mass is 10.3. The highest BCUT2D eigenvalue weighted by Crippen LogP contribution is 2.07. The molecule has 0 saturated carbocycles. The summed E-state index contributed by atoms with van der Waals surface area (Å²) in [6, 6.07) is 1.78. The van der Waals surface area contributed by atoms with Gasteiger partial charge in [0.1, 0.15) is 5.82 Å². The molecule has 19 heavy (non-hydrogen) atoms. The Bertz CT molecular complexity index is 553. The number of hydrogen-bond acceptors (Lipinski definition) is 6. The summed E-state index contributed by atoms with van der Waals surface area (Å²) in [5.74, 6) is 0.124.